The van der Waals surface area contributed by atoms with Gasteiger partial charge in [0.25, 0.3) is 0 Å². The molecule has 0 heterocycles. The van der Waals surface area contributed by atoms with Gasteiger partial charge in [0, 0.05) is 0 Å². The topological polar surface area (TPSA) is 49.3 Å². The summed E-state index contributed by atoms with van der Waals surface area (Å²) in [5, 5.41) is 10.7. The molecule has 0 amide bonds. The Labute approximate surface area is 100 Å². The summed E-state index contributed by atoms with van der Waals surface area (Å²) in [4.78, 5) is 10.1. The number of rotatable bonds is 2. The molecule has 0 aromatic heterocycles. The van der Waals surface area contributed by atoms with E-state index in [0.29, 0.717) is 0 Å². The standard InChI is InChI=1S/C4H7NO2S2.2Li.2H/c1-2(3(6)7)5-4(8)9;;;;/h2H,1H3,(H,6,7)(H2,5,8,9);;;;. The zero-order valence-corrected chi connectivity index (χ0v) is 6.50. The molecule has 0 spiro atoms. The van der Waals surface area contributed by atoms with Crippen molar-refractivity contribution in [2.45, 2.75) is 13.0 Å². The van der Waals surface area contributed by atoms with Gasteiger partial charge in [0.2, 0.25) is 0 Å². The molecule has 0 aromatic carbocycles. The minimum atomic E-state index is -0.939. The molecule has 2 N–H and O–H groups in total. The van der Waals surface area contributed by atoms with Crippen molar-refractivity contribution in [1.29, 1.82) is 0 Å². The summed E-state index contributed by atoms with van der Waals surface area (Å²) in [5.74, 6) is -0.939. The number of carbonyl (C=O) groups is 1. The van der Waals surface area contributed by atoms with Crippen LogP contribution in [0.1, 0.15) is 6.92 Å². The summed E-state index contributed by atoms with van der Waals surface area (Å²) < 4.78 is 0.199. The Morgan fingerprint density at radius 3 is 2.09 bits per heavy atom. The van der Waals surface area contributed by atoms with Gasteiger partial charge in [0.05, 0.1) is 0 Å². The van der Waals surface area contributed by atoms with Gasteiger partial charge in [-0.1, -0.05) is 12.2 Å². The molecule has 0 saturated heterocycles. The van der Waals surface area contributed by atoms with Crippen molar-refractivity contribution >= 4 is 72.9 Å². The Balaban J connectivity index is -0.000000320. The van der Waals surface area contributed by atoms with E-state index in [9.17, 15) is 4.79 Å². The molecule has 0 rings (SSSR count). The van der Waals surface area contributed by atoms with Crippen molar-refractivity contribution in [3.63, 3.8) is 0 Å². The second-order valence-corrected chi connectivity index (χ2v) is 2.67. The number of thiocarbonyl (C=S) groups is 1. The zero-order valence-electron chi connectivity index (χ0n) is 4.79. The maximum absolute atomic E-state index is 10.1. The Morgan fingerprint density at radius 2 is 2.00 bits per heavy atom. The summed E-state index contributed by atoms with van der Waals surface area (Å²) in [6.07, 6.45) is 0. The first-order valence-electron chi connectivity index (χ1n) is 2.26. The van der Waals surface area contributed by atoms with Crippen molar-refractivity contribution < 1.29 is 9.90 Å². The Morgan fingerprint density at radius 1 is 1.64 bits per heavy atom. The molecule has 0 saturated carbocycles. The molecule has 0 aliphatic rings. The van der Waals surface area contributed by atoms with Gasteiger partial charge in [-0.25, -0.2) is 0 Å². The first-order valence-corrected chi connectivity index (χ1v) is 3.12. The van der Waals surface area contributed by atoms with Crippen molar-refractivity contribution in [3.05, 3.63) is 0 Å². The molecule has 7 heteroatoms. The fourth-order valence-electron chi connectivity index (χ4n) is 0.247. The summed E-state index contributed by atoms with van der Waals surface area (Å²) in [6, 6.07) is -0.657. The summed E-state index contributed by atoms with van der Waals surface area (Å²) >= 11 is 8.17. The molecular formula is C4H9Li2NO2S2. The van der Waals surface area contributed by atoms with Gasteiger partial charge in [-0.3, -0.25) is 4.79 Å². The van der Waals surface area contributed by atoms with E-state index in [4.69, 9.17) is 5.11 Å². The third-order valence-electron chi connectivity index (χ3n) is 0.710. The summed E-state index contributed by atoms with van der Waals surface area (Å²) in [5.41, 5.74) is 0. The van der Waals surface area contributed by atoms with Crippen LogP contribution in [0.5, 0.6) is 0 Å². The number of hydrogen-bond acceptors (Lipinski definition) is 2. The molecule has 11 heavy (non-hydrogen) atoms. The SMILES string of the molecule is CC(NC(=S)S)C(=O)O.[LiH].[LiH]. The molecule has 0 radical (unpaired) electrons. The van der Waals surface area contributed by atoms with E-state index in [1.165, 1.54) is 6.92 Å². The van der Waals surface area contributed by atoms with E-state index in [1.807, 2.05) is 0 Å². The van der Waals surface area contributed by atoms with Crippen LogP contribution in [0.4, 0.5) is 0 Å². The zero-order chi connectivity index (χ0) is 7.44. The second-order valence-electron chi connectivity index (χ2n) is 1.51. The monoisotopic (exact) mass is 181 g/mol. The van der Waals surface area contributed by atoms with Gasteiger partial charge < -0.3 is 10.4 Å². The number of carboxylic acids is 1. The van der Waals surface area contributed by atoms with Crippen LogP contribution in [-0.4, -0.2) is 59.2 Å². The molecule has 0 aromatic rings. The average Bonchev–Trinajstić information content (AvgIpc) is 1.63. The number of thiol groups is 1. The van der Waals surface area contributed by atoms with E-state index in [1.54, 1.807) is 0 Å². The van der Waals surface area contributed by atoms with Crippen molar-refractivity contribution in [3.8, 4) is 0 Å². The third-order valence-corrected chi connectivity index (χ3v) is 0.957. The molecule has 1 atom stereocenters. The summed E-state index contributed by atoms with van der Waals surface area (Å²) in [6.45, 7) is 1.49. The van der Waals surface area contributed by atoms with Gasteiger partial charge in [0.15, 0.2) is 0 Å². The normalized spacial score (nSPS) is 10.0. The Kier molecular flexibility index (Phi) is 14.6. The van der Waals surface area contributed by atoms with Crippen molar-refractivity contribution in [1.82, 2.24) is 5.32 Å². The molecule has 0 aliphatic carbocycles. The van der Waals surface area contributed by atoms with Crippen LogP contribution in [0.3, 0.4) is 0 Å². The quantitative estimate of drug-likeness (QED) is 0.289. The molecule has 3 nitrogen and oxygen atoms in total. The van der Waals surface area contributed by atoms with Gasteiger partial charge in [-0.2, -0.15) is 0 Å². The minimum absolute atomic E-state index is 0. The first-order chi connectivity index (χ1) is 4.04. The molecule has 0 fully saturated rings. The van der Waals surface area contributed by atoms with Crippen molar-refractivity contribution in [2.75, 3.05) is 0 Å². The maximum atomic E-state index is 10.1. The molecule has 0 bridgehead atoms. The van der Waals surface area contributed by atoms with Crippen LogP contribution in [0.15, 0.2) is 0 Å². The number of carboxylic acid groups (broad SMARTS) is 1. The van der Waals surface area contributed by atoms with E-state index in [2.05, 4.69) is 30.2 Å². The molecular weight excluding hydrogens is 172 g/mol. The Hall–Kier alpha value is 0.905. The fourth-order valence-corrected chi connectivity index (χ4v) is 0.617. The molecule has 1 unspecified atom stereocenters. The van der Waals surface area contributed by atoms with Crippen LogP contribution < -0.4 is 5.32 Å². The second kappa shape index (κ2) is 9.00. The first kappa shape index (κ1) is 17.9. The van der Waals surface area contributed by atoms with E-state index in [-0.39, 0.29) is 42.0 Å². The van der Waals surface area contributed by atoms with E-state index in [0.717, 1.165) is 0 Å². The van der Waals surface area contributed by atoms with Gasteiger partial charge >= 0.3 is 43.7 Å². The fraction of sp³-hybridized carbons (Fsp3) is 0.500. The molecule has 56 valence electrons. The van der Waals surface area contributed by atoms with Crippen LogP contribution in [0.2, 0.25) is 0 Å². The predicted octanol–water partition coefficient (Wildman–Crippen LogP) is -1.03. The van der Waals surface area contributed by atoms with Crippen LogP contribution in [-0.2, 0) is 4.79 Å². The average molecular weight is 181 g/mol. The third kappa shape index (κ3) is 10.9. The number of aliphatic carboxylic acids is 1. The number of hydrogen-bond donors (Lipinski definition) is 3. The Bertz CT molecular complexity index is 144. The van der Waals surface area contributed by atoms with Gasteiger partial charge in [-0.15, -0.1) is 12.6 Å². The number of nitrogens with one attached hydrogen (secondary N) is 1. The van der Waals surface area contributed by atoms with Crippen molar-refractivity contribution in [2.24, 2.45) is 0 Å². The molecule has 0 aliphatic heterocycles. The van der Waals surface area contributed by atoms with E-state index < -0.39 is 12.0 Å². The van der Waals surface area contributed by atoms with E-state index >= 15 is 0 Å². The van der Waals surface area contributed by atoms with Crippen LogP contribution in [0.25, 0.3) is 0 Å². The van der Waals surface area contributed by atoms with Crippen LogP contribution in [0, 0.1) is 0 Å². The summed E-state index contributed by atoms with van der Waals surface area (Å²) in [7, 11) is 0. The van der Waals surface area contributed by atoms with Gasteiger partial charge in [-0.05, 0) is 6.92 Å². The van der Waals surface area contributed by atoms with Gasteiger partial charge in [0.1, 0.15) is 10.4 Å². The van der Waals surface area contributed by atoms with Crippen LogP contribution >= 0.6 is 24.8 Å². The predicted molar refractivity (Wildman–Crippen MR) is 56.1 cm³/mol.